The number of para-hydroxylation sites is 1. The van der Waals surface area contributed by atoms with Crippen LogP contribution in [-0.4, -0.2) is 18.5 Å². The van der Waals surface area contributed by atoms with Crippen LogP contribution in [0.5, 0.6) is 0 Å². The van der Waals surface area contributed by atoms with E-state index < -0.39 is 0 Å². The third-order valence-electron chi connectivity index (χ3n) is 5.29. The molecule has 3 fully saturated rings. The van der Waals surface area contributed by atoms with Crippen molar-refractivity contribution in [3.05, 3.63) is 30.3 Å². The highest BCUT2D eigenvalue weighted by molar-refractivity contribution is 5.92. The monoisotopic (exact) mass is 256 g/mol. The van der Waals surface area contributed by atoms with Crippen LogP contribution in [0.1, 0.15) is 19.3 Å². The van der Waals surface area contributed by atoms with E-state index in [9.17, 15) is 4.79 Å². The molecule has 19 heavy (non-hydrogen) atoms. The van der Waals surface area contributed by atoms with Gasteiger partial charge in [0.25, 0.3) is 0 Å². The van der Waals surface area contributed by atoms with Crippen LogP contribution in [0.3, 0.4) is 0 Å². The maximum Gasteiger partial charge on any atom is 0.238 e. The van der Waals surface area contributed by atoms with Crippen LogP contribution in [0.25, 0.3) is 0 Å². The minimum atomic E-state index is 0.0727. The molecule has 3 heteroatoms. The fourth-order valence-corrected chi connectivity index (χ4v) is 4.54. The van der Waals surface area contributed by atoms with Gasteiger partial charge in [-0.3, -0.25) is 4.79 Å². The number of amides is 1. The average molecular weight is 256 g/mol. The fourth-order valence-electron chi connectivity index (χ4n) is 4.54. The second-order valence-corrected chi connectivity index (χ2v) is 6.31. The summed E-state index contributed by atoms with van der Waals surface area (Å²) in [7, 11) is 0. The van der Waals surface area contributed by atoms with Crippen LogP contribution < -0.4 is 10.6 Å². The number of hydrogen-bond acceptors (Lipinski definition) is 2. The highest BCUT2D eigenvalue weighted by Crippen LogP contribution is 2.65. The van der Waals surface area contributed by atoms with E-state index in [1.807, 2.05) is 30.3 Å². The van der Waals surface area contributed by atoms with Gasteiger partial charge in [-0.1, -0.05) is 18.2 Å². The molecule has 2 bridgehead atoms. The zero-order chi connectivity index (χ0) is 12.8. The molecule has 0 spiro atoms. The van der Waals surface area contributed by atoms with Crippen LogP contribution >= 0.6 is 0 Å². The maximum atomic E-state index is 11.9. The van der Waals surface area contributed by atoms with Crippen molar-refractivity contribution in [2.45, 2.75) is 25.3 Å². The molecule has 1 amide bonds. The fraction of sp³-hybridized carbons (Fsp3) is 0.562. The molecule has 1 aromatic rings. The number of carbonyl (C=O) groups is 1. The van der Waals surface area contributed by atoms with Crippen molar-refractivity contribution in [2.75, 3.05) is 11.9 Å². The van der Waals surface area contributed by atoms with Gasteiger partial charge in [-0.15, -0.1) is 0 Å². The SMILES string of the molecule is O=C(CNC1C2C3CCC(C3)C12)Nc1ccccc1. The summed E-state index contributed by atoms with van der Waals surface area (Å²) in [5.74, 6) is 3.78. The van der Waals surface area contributed by atoms with Crippen molar-refractivity contribution in [1.82, 2.24) is 5.32 Å². The van der Waals surface area contributed by atoms with E-state index in [0.29, 0.717) is 12.6 Å². The van der Waals surface area contributed by atoms with Crippen molar-refractivity contribution >= 4 is 11.6 Å². The van der Waals surface area contributed by atoms with Gasteiger partial charge in [0.1, 0.15) is 0 Å². The Morgan fingerprint density at radius 3 is 2.47 bits per heavy atom. The number of rotatable bonds is 4. The first-order valence-corrected chi connectivity index (χ1v) is 7.41. The van der Waals surface area contributed by atoms with Gasteiger partial charge in [0, 0.05) is 11.7 Å². The molecule has 0 saturated heterocycles. The third kappa shape index (κ3) is 1.96. The van der Waals surface area contributed by atoms with E-state index in [0.717, 1.165) is 29.4 Å². The molecule has 3 aliphatic rings. The Morgan fingerprint density at radius 2 is 1.79 bits per heavy atom. The second kappa shape index (κ2) is 4.34. The topological polar surface area (TPSA) is 41.1 Å². The first-order valence-electron chi connectivity index (χ1n) is 7.41. The summed E-state index contributed by atoms with van der Waals surface area (Å²) < 4.78 is 0. The minimum Gasteiger partial charge on any atom is -0.325 e. The average Bonchev–Trinajstić information content (AvgIpc) is 2.81. The summed E-state index contributed by atoms with van der Waals surface area (Å²) in [6, 6.07) is 10.3. The molecule has 0 aromatic heterocycles. The Morgan fingerprint density at radius 1 is 1.11 bits per heavy atom. The van der Waals surface area contributed by atoms with Crippen LogP contribution in [0.2, 0.25) is 0 Å². The van der Waals surface area contributed by atoms with Gasteiger partial charge in [0.15, 0.2) is 0 Å². The van der Waals surface area contributed by atoms with E-state index >= 15 is 0 Å². The highest BCUT2D eigenvalue weighted by Gasteiger charge is 2.64. The Hall–Kier alpha value is -1.35. The van der Waals surface area contributed by atoms with Crippen molar-refractivity contribution in [3.63, 3.8) is 0 Å². The molecular formula is C16H20N2O. The van der Waals surface area contributed by atoms with Gasteiger partial charge in [-0.05, 0) is 55.1 Å². The summed E-state index contributed by atoms with van der Waals surface area (Å²) in [4.78, 5) is 11.9. The van der Waals surface area contributed by atoms with E-state index in [4.69, 9.17) is 0 Å². The largest absolute Gasteiger partial charge is 0.325 e. The van der Waals surface area contributed by atoms with Gasteiger partial charge in [0.05, 0.1) is 6.54 Å². The molecule has 0 radical (unpaired) electrons. The van der Waals surface area contributed by atoms with Gasteiger partial charge >= 0.3 is 0 Å². The summed E-state index contributed by atoms with van der Waals surface area (Å²) >= 11 is 0. The van der Waals surface area contributed by atoms with E-state index in [1.54, 1.807) is 0 Å². The van der Waals surface area contributed by atoms with E-state index in [1.165, 1.54) is 19.3 Å². The van der Waals surface area contributed by atoms with Gasteiger partial charge in [-0.25, -0.2) is 0 Å². The summed E-state index contributed by atoms with van der Waals surface area (Å²) in [5.41, 5.74) is 0.880. The number of nitrogens with one attached hydrogen (secondary N) is 2. The van der Waals surface area contributed by atoms with Crippen LogP contribution in [0, 0.1) is 23.7 Å². The predicted octanol–water partition coefficient (Wildman–Crippen LogP) is 2.26. The smallest absolute Gasteiger partial charge is 0.238 e. The van der Waals surface area contributed by atoms with Crippen LogP contribution in [0.4, 0.5) is 5.69 Å². The number of fused-ring (bicyclic) bond motifs is 5. The van der Waals surface area contributed by atoms with Crippen LogP contribution in [0.15, 0.2) is 30.3 Å². The van der Waals surface area contributed by atoms with Gasteiger partial charge < -0.3 is 10.6 Å². The minimum absolute atomic E-state index is 0.0727. The summed E-state index contributed by atoms with van der Waals surface area (Å²) in [6.45, 7) is 0.450. The van der Waals surface area contributed by atoms with E-state index in [2.05, 4.69) is 10.6 Å². The normalized spacial score (nSPS) is 38.0. The quantitative estimate of drug-likeness (QED) is 0.867. The lowest BCUT2D eigenvalue weighted by Crippen LogP contribution is -2.32. The second-order valence-electron chi connectivity index (χ2n) is 6.31. The third-order valence-corrected chi connectivity index (χ3v) is 5.29. The lowest BCUT2D eigenvalue weighted by atomic mass is 10.0. The Labute approximate surface area is 113 Å². The first kappa shape index (κ1) is 11.5. The molecule has 4 unspecified atom stereocenters. The van der Waals surface area contributed by atoms with Crippen molar-refractivity contribution < 1.29 is 4.79 Å². The highest BCUT2D eigenvalue weighted by atomic mass is 16.1. The Balaban J connectivity index is 1.27. The summed E-state index contributed by atoms with van der Waals surface area (Å²) in [6.07, 6.45) is 4.32. The van der Waals surface area contributed by atoms with Crippen LogP contribution in [-0.2, 0) is 4.79 Å². The molecule has 3 aliphatic carbocycles. The Bertz CT molecular complexity index is 471. The van der Waals surface area contributed by atoms with Gasteiger partial charge in [-0.2, -0.15) is 0 Å². The zero-order valence-corrected chi connectivity index (χ0v) is 11.0. The lowest BCUT2D eigenvalue weighted by molar-refractivity contribution is -0.115. The molecule has 1 aromatic carbocycles. The number of carbonyl (C=O) groups excluding carboxylic acids is 1. The first-order chi connectivity index (χ1) is 9.33. The predicted molar refractivity (Wildman–Crippen MR) is 74.7 cm³/mol. The Kier molecular flexibility index (Phi) is 2.62. The lowest BCUT2D eigenvalue weighted by Gasteiger charge is -2.10. The van der Waals surface area contributed by atoms with Crippen molar-refractivity contribution in [1.29, 1.82) is 0 Å². The molecule has 0 heterocycles. The maximum absolute atomic E-state index is 11.9. The molecule has 100 valence electrons. The molecule has 3 nitrogen and oxygen atoms in total. The summed E-state index contributed by atoms with van der Waals surface area (Å²) in [5, 5.41) is 6.39. The molecule has 4 rings (SSSR count). The number of benzene rings is 1. The number of anilines is 1. The van der Waals surface area contributed by atoms with Crippen molar-refractivity contribution in [3.8, 4) is 0 Å². The molecule has 4 atom stereocenters. The van der Waals surface area contributed by atoms with Crippen molar-refractivity contribution in [2.24, 2.45) is 23.7 Å². The molecule has 2 N–H and O–H groups in total. The zero-order valence-electron chi connectivity index (χ0n) is 11.0. The molecular weight excluding hydrogens is 236 g/mol. The van der Waals surface area contributed by atoms with E-state index in [-0.39, 0.29) is 5.91 Å². The number of hydrogen-bond donors (Lipinski definition) is 2. The molecule has 0 aliphatic heterocycles. The molecule has 3 saturated carbocycles. The standard InChI is InChI=1S/C16H20N2O/c19-13(18-12-4-2-1-3-5-12)9-17-16-14-10-6-7-11(8-10)15(14)16/h1-5,10-11,14-17H,6-9H2,(H,18,19). The van der Waals surface area contributed by atoms with Gasteiger partial charge in [0.2, 0.25) is 5.91 Å².